The van der Waals surface area contributed by atoms with E-state index >= 15 is 0 Å². The number of phenolic OH excluding ortho intramolecular Hbond substituents is 1. The minimum Gasteiger partial charge on any atom is -0.506 e. The number of para-hydroxylation sites is 2. The normalized spacial score (nSPS) is 14.7. The summed E-state index contributed by atoms with van der Waals surface area (Å²) in [6.45, 7) is 9.35. The van der Waals surface area contributed by atoms with Gasteiger partial charge in [-0.15, -0.1) is 11.3 Å². The van der Waals surface area contributed by atoms with Gasteiger partial charge in [-0.05, 0) is 38.5 Å². The van der Waals surface area contributed by atoms with Gasteiger partial charge in [0.05, 0.1) is 44.0 Å². The highest BCUT2D eigenvalue weighted by Gasteiger charge is 2.26. The molecule has 2 heterocycles. The van der Waals surface area contributed by atoms with Crippen molar-refractivity contribution < 1.29 is 24.3 Å². The molecule has 2 aromatic rings. The van der Waals surface area contributed by atoms with E-state index in [9.17, 15) is 14.7 Å². The second-order valence-electron chi connectivity index (χ2n) is 7.16. The number of phenols is 1. The monoisotopic (exact) mass is 418 g/mol. The van der Waals surface area contributed by atoms with Crippen LogP contribution in [-0.4, -0.2) is 56.3 Å². The molecule has 1 amide bonds. The summed E-state index contributed by atoms with van der Waals surface area (Å²) in [4.78, 5) is 29.2. The Morgan fingerprint density at radius 2 is 1.93 bits per heavy atom. The van der Waals surface area contributed by atoms with Crippen molar-refractivity contribution in [1.82, 2.24) is 0 Å². The van der Waals surface area contributed by atoms with Gasteiger partial charge in [-0.25, -0.2) is 4.79 Å². The summed E-state index contributed by atoms with van der Waals surface area (Å²) >= 11 is 1.41. The summed E-state index contributed by atoms with van der Waals surface area (Å²) in [6, 6.07) is 7.32. The van der Waals surface area contributed by atoms with Crippen LogP contribution >= 0.6 is 11.3 Å². The third-order valence-electron chi connectivity index (χ3n) is 5.22. The summed E-state index contributed by atoms with van der Waals surface area (Å²) in [6.07, 6.45) is 0. The fourth-order valence-corrected chi connectivity index (χ4v) is 4.60. The predicted molar refractivity (Wildman–Crippen MR) is 114 cm³/mol. The third kappa shape index (κ3) is 4.89. The molecule has 0 saturated carbocycles. The van der Waals surface area contributed by atoms with Gasteiger partial charge in [-0.3, -0.25) is 4.79 Å². The van der Waals surface area contributed by atoms with Crippen LogP contribution in [0.3, 0.4) is 0 Å². The number of piperazine rings is 1. The number of quaternary nitrogens is 1. The van der Waals surface area contributed by atoms with E-state index in [1.54, 1.807) is 13.0 Å². The molecule has 0 unspecified atom stereocenters. The van der Waals surface area contributed by atoms with E-state index in [-0.39, 0.29) is 11.7 Å². The van der Waals surface area contributed by atoms with Crippen LogP contribution in [0.5, 0.6) is 5.75 Å². The Labute approximate surface area is 174 Å². The lowest BCUT2D eigenvalue weighted by molar-refractivity contribution is -0.892. The van der Waals surface area contributed by atoms with Crippen LogP contribution in [0.1, 0.15) is 27.7 Å². The molecule has 0 bridgehead atoms. The van der Waals surface area contributed by atoms with Gasteiger partial charge >= 0.3 is 5.97 Å². The van der Waals surface area contributed by atoms with Crippen molar-refractivity contribution in [3.8, 4) is 5.75 Å². The van der Waals surface area contributed by atoms with Gasteiger partial charge in [0.25, 0.3) is 5.91 Å². The number of nitrogens with zero attached hydrogens (tertiary/aromatic N) is 1. The molecule has 8 heteroatoms. The molecule has 0 spiro atoms. The molecule has 1 saturated heterocycles. The Hall–Kier alpha value is -2.58. The van der Waals surface area contributed by atoms with Crippen LogP contribution in [0, 0.1) is 13.8 Å². The Bertz CT molecular complexity index is 888. The summed E-state index contributed by atoms with van der Waals surface area (Å²) in [5.74, 6) is -0.222. The van der Waals surface area contributed by atoms with Crippen LogP contribution in [0.4, 0.5) is 10.7 Å². The molecular weight excluding hydrogens is 390 g/mol. The average Bonchev–Trinajstić information content (AvgIpc) is 2.96. The number of ether oxygens (including phenoxy) is 1. The molecule has 0 aliphatic carbocycles. The van der Waals surface area contributed by atoms with E-state index in [0.29, 0.717) is 23.7 Å². The van der Waals surface area contributed by atoms with Gasteiger partial charge < -0.3 is 25.0 Å². The number of carbonyl (C=O) groups excluding carboxylic acids is 2. The number of esters is 1. The van der Waals surface area contributed by atoms with Crippen molar-refractivity contribution in [1.29, 1.82) is 0 Å². The second-order valence-corrected chi connectivity index (χ2v) is 8.38. The van der Waals surface area contributed by atoms with Crippen molar-refractivity contribution >= 4 is 33.9 Å². The number of carbonyl (C=O) groups is 2. The first-order valence-electron chi connectivity index (χ1n) is 9.84. The standard InChI is InChI=1S/C21H27N3O4S/c1-4-28-21(27)19-14(2)15(3)29-20(19)22-18(26)13-23-9-11-24(12-10-23)16-7-5-6-8-17(16)25/h5-8,25H,4,9-13H2,1-3H3,(H,22,26)/p+1. The molecule has 3 rings (SSSR count). The number of nitrogens with one attached hydrogen (secondary N) is 2. The molecule has 156 valence electrons. The number of hydrogen-bond acceptors (Lipinski definition) is 6. The first kappa shape index (κ1) is 21.1. The van der Waals surface area contributed by atoms with Crippen LogP contribution in [0.2, 0.25) is 0 Å². The second kappa shape index (κ2) is 9.28. The zero-order chi connectivity index (χ0) is 21.0. The molecule has 1 aromatic heterocycles. The topological polar surface area (TPSA) is 83.3 Å². The Morgan fingerprint density at radius 1 is 1.24 bits per heavy atom. The molecule has 1 fully saturated rings. The maximum Gasteiger partial charge on any atom is 0.341 e. The Morgan fingerprint density at radius 3 is 2.59 bits per heavy atom. The van der Waals surface area contributed by atoms with Crippen LogP contribution in [-0.2, 0) is 9.53 Å². The summed E-state index contributed by atoms with van der Waals surface area (Å²) in [5, 5.41) is 13.5. The largest absolute Gasteiger partial charge is 0.506 e. The Balaban J connectivity index is 1.58. The number of rotatable bonds is 6. The van der Waals surface area contributed by atoms with Gasteiger partial charge in [0.15, 0.2) is 6.54 Å². The SMILES string of the molecule is CCOC(=O)c1c(NC(=O)C[NH+]2CCN(c3ccccc3O)CC2)sc(C)c1C. The number of benzene rings is 1. The molecule has 1 aliphatic rings. The highest BCUT2D eigenvalue weighted by atomic mass is 32.1. The van der Waals surface area contributed by atoms with E-state index < -0.39 is 5.97 Å². The van der Waals surface area contributed by atoms with Gasteiger partial charge in [0.2, 0.25) is 0 Å². The molecule has 0 atom stereocenters. The zero-order valence-corrected chi connectivity index (χ0v) is 17.9. The van der Waals surface area contributed by atoms with E-state index in [1.807, 2.05) is 32.0 Å². The number of anilines is 2. The van der Waals surface area contributed by atoms with E-state index in [2.05, 4.69) is 10.2 Å². The van der Waals surface area contributed by atoms with Crippen molar-refractivity contribution in [2.45, 2.75) is 20.8 Å². The fourth-order valence-electron chi connectivity index (χ4n) is 3.53. The zero-order valence-electron chi connectivity index (χ0n) is 17.1. The highest BCUT2D eigenvalue weighted by molar-refractivity contribution is 7.16. The number of amides is 1. The van der Waals surface area contributed by atoms with Crippen molar-refractivity contribution in [3.05, 3.63) is 40.3 Å². The number of aryl methyl sites for hydroxylation is 1. The van der Waals surface area contributed by atoms with Crippen molar-refractivity contribution in [2.24, 2.45) is 0 Å². The van der Waals surface area contributed by atoms with Crippen molar-refractivity contribution in [3.63, 3.8) is 0 Å². The fraction of sp³-hybridized carbons (Fsp3) is 0.429. The minimum atomic E-state index is -0.395. The first-order valence-corrected chi connectivity index (χ1v) is 10.7. The average molecular weight is 419 g/mol. The number of hydrogen-bond donors (Lipinski definition) is 3. The maximum atomic E-state index is 12.6. The molecule has 7 nitrogen and oxygen atoms in total. The predicted octanol–water partition coefficient (Wildman–Crippen LogP) is 1.59. The molecule has 3 N–H and O–H groups in total. The summed E-state index contributed by atoms with van der Waals surface area (Å²) in [7, 11) is 0. The lowest BCUT2D eigenvalue weighted by atomic mass is 10.1. The quantitative estimate of drug-likeness (QED) is 0.621. The third-order valence-corrected chi connectivity index (χ3v) is 6.34. The Kier molecular flexibility index (Phi) is 6.76. The van der Waals surface area contributed by atoms with E-state index in [4.69, 9.17) is 4.74 Å². The van der Waals surface area contributed by atoms with Crippen molar-refractivity contribution in [2.75, 3.05) is 49.5 Å². The number of thiophene rings is 1. The molecule has 29 heavy (non-hydrogen) atoms. The lowest BCUT2D eigenvalue weighted by Gasteiger charge is -2.33. The van der Waals surface area contributed by atoms with Crippen LogP contribution in [0.15, 0.2) is 24.3 Å². The summed E-state index contributed by atoms with van der Waals surface area (Å²) in [5.41, 5.74) is 2.15. The van der Waals surface area contributed by atoms with Crippen LogP contribution < -0.4 is 15.1 Å². The number of aromatic hydroxyl groups is 1. The van der Waals surface area contributed by atoms with Gasteiger partial charge in [0.1, 0.15) is 10.8 Å². The van der Waals surface area contributed by atoms with Gasteiger partial charge in [-0.1, -0.05) is 12.1 Å². The van der Waals surface area contributed by atoms with Gasteiger partial charge in [-0.2, -0.15) is 0 Å². The van der Waals surface area contributed by atoms with Crippen LogP contribution in [0.25, 0.3) is 0 Å². The summed E-state index contributed by atoms with van der Waals surface area (Å²) < 4.78 is 5.14. The maximum absolute atomic E-state index is 12.6. The molecule has 1 aliphatic heterocycles. The lowest BCUT2D eigenvalue weighted by Crippen LogP contribution is -3.15. The smallest absolute Gasteiger partial charge is 0.341 e. The van der Waals surface area contributed by atoms with E-state index in [0.717, 1.165) is 42.3 Å². The van der Waals surface area contributed by atoms with E-state index in [1.165, 1.54) is 16.2 Å². The molecule has 0 radical (unpaired) electrons. The molecule has 1 aromatic carbocycles. The highest BCUT2D eigenvalue weighted by Crippen LogP contribution is 2.33. The minimum absolute atomic E-state index is 0.109. The molecular formula is C21H28N3O4S+. The van der Waals surface area contributed by atoms with Gasteiger partial charge in [0, 0.05) is 4.88 Å². The first-order chi connectivity index (χ1) is 13.9.